The van der Waals surface area contributed by atoms with Crippen LogP contribution in [0.2, 0.25) is 0 Å². The summed E-state index contributed by atoms with van der Waals surface area (Å²) in [5, 5.41) is 6.49. The molecule has 2 rings (SSSR count). The zero-order valence-electron chi connectivity index (χ0n) is 15.3. The first-order chi connectivity index (χ1) is 12.9. The number of halogens is 3. The number of ether oxygens (including phenoxy) is 1. The first-order valence-electron chi connectivity index (χ1n) is 8.61. The van der Waals surface area contributed by atoms with Gasteiger partial charge in [-0.1, -0.05) is 36.4 Å². The van der Waals surface area contributed by atoms with Gasteiger partial charge < -0.3 is 15.4 Å². The molecule has 2 aromatic rings. The van der Waals surface area contributed by atoms with E-state index in [1.54, 1.807) is 6.07 Å². The van der Waals surface area contributed by atoms with Crippen LogP contribution in [0.25, 0.3) is 0 Å². The molecule has 1 aromatic carbocycles. The Labute approximate surface area is 156 Å². The number of benzene rings is 1. The van der Waals surface area contributed by atoms with Crippen molar-refractivity contribution in [3.05, 3.63) is 59.8 Å². The van der Waals surface area contributed by atoms with Crippen molar-refractivity contribution in [3.63, 3.8) is 0 Å². The van der Waals surface area contributed by atoms with E-state index in [0.29, 0.717) is 19.0 Å². The maximum Gasteiger partial charge on any atom is 0.422 e. The second kappa shape index (κ2) is 9.80. The van der Waals surface area contributed by atoms with E-state index in [1.165, 1.54) is 12.3 Å². The largest absolute Gasteiger partial charge is 0.468 e. The minimum Gasteiger partial charge on any atom is -0.468 e. The average Bonchev–Trinajstić information content (AvgIpc) is 2.65. The number of hydrogen-bond acceptors (Lipinski definition) is 3. The Balaban J connectivity index is 1.95. The van der Waals surface area contributed by atoms with Gasteiger partial charge in [0.05, 0.1) is 12.6 Å². The van der Waals surface area contributed by atoms with Gasteiger partial charge in [-0.15, -0.1) is 0 Å². The second-order valence-corrected chi connectivity index (χ2v) is 5.88. The lowest BCUT2D eigenvalue weighted by Crippen LogP contribution is -2.38. The predicted molar refractivity (Wildman–Crippen MR) is 98.6 cm³/mol. The number of rotatable bonds is 7. The van der Waals surface area contributed by atoms with E-state index >= 15 is 0 Å². The lowest BCUT2D eigenvalue weighted by atomic mass is 10.1. The zero-order chi connectivity index (χ0) is 19.7. The molecular weight excluding hydrogens is 357 g/mol. The molecule has 0 bridgehead atoms. The van der Waals surface area contributed by atoms with E-state index in [1.807, 2.05) is 44.2 Å². The molecule has 0 amide bonds. The molecule has 0 spiro atoms. The molecule has 5 nitrogen and oxygen atoms in total. The number of nitrogens with zero attached hydrogens (tertiary/aromatic N) is 2. The Kier molecular flexibility index (Phi) is 7.45. The van der Waals surface area contributed by atoms with E-state index in [-0.39, 0.29) is 11.9 Å². The van der Waals surface area contributed by atoms with Crippen LogP contribution >= 0.6 is 0 Å². The van der Waals surface area contributed by atoms with Crippen LogP contribution in [0, 0.1) is 0 Å². The molecule has 1 unspecified atom stereocenters. The number of hydrogen-bond donors (Lipinski definition) is 2. The molecular formula is C19H23F3N4O. The monoisotopic (exact) mass is 380 g/mol. The molecule has 8 heteroatoms. The average molecular weight is 380 g/mol. The van der Waals surface area contributed by atoms with Crippen molar-refractivity contribution in [1.82, 2.24) is 15.6 Å². The summed E-state index contributed by atoms with van der Waals surface area (Å²) >= 11 is 0. The van der Waals surface area contributed by atoms with Crippen LogP contribution in [-0.4, -0.2) is 30.3 Å². The van der Waals surface area contributed by atoms with Crippen LogP contribution in [0.15, 0.2) is 53.7 Å². The number of aromatic nitrogens is 1. The summed E-state index contributed by atoms with van der Waals surface area (Å²) < 4.78 is 41.0. The fourth-order valence-electron chi connectivity index (χ4n) is 2.27. The van der Waals surface area contributed by atoms with E-state index < -0.39 is 12.8 Å². The van der Waals surface area contributed by atoms with Crippen molar-refractivity contribution in [2.45, 2.75) is 32.6 Å². The highest BCUT2D eigenvalue weighted by Crippen LogP contribution is 2.17. The lowest BCUT2D eigenvalue weighted by molar-refractivity contribution is -0.154. The van der Waals surface area contributed by atoms with Gasteiger partial charge >= 0.3 is 6.18 Å². The molecule has 0 aliphatic heterocycles. The summed E-state index contributed by atoms with van der Waals surface area (Å²) in [6.07, 6.45) is -2.92. The third kappa shape index (κ3) is 7.55. The van der Waals surface area contributed by atoms with Gasteiger partial charge in [0.15, 0.2) is 12.6 Å². The van der Waals surface area contributed by atoms with Crippen LogP contribution in [0.3, 0.4) is 0 Å². The van der Waals surface area contributed by atoms with Gasteiger partial charge in [-0.05, 0) is 25.0 Å². The van der Waals surface area contributed by atoms with Gasteiger partial charge in [0.1, 0.15) is 0 Å². The van der Waals surface area contributed by atoms with Gasteiger partial charge in [0.25, 0.3) is 0 Å². The normalized spacial score (nSPS) is 13.1. The molecule has 0 saturated heterocycles. The second-order valence-electron chi connectivity index (χ2n) is 5.88. The topological polar surface area (TPSA) is 58.5 Å². The number of nitrogens with one attached hydrogen (secondary N) is 2. The minimum atomic E-state index is -4.38. The van der Waals surface area contributed by atoms with Crippen LogP contribution in [-0.2, 0) is 6.54 Å². The van der Waals surface area contributed by atoms with E-state index in [4.69, 9.17) is 0 Å². The van der Waals surface area contributed by atoms with Gasteiger partial charge in [0, 0.05) is 18.8 Å². The quantitative estimate of drug-likeness (QED) is 0.566. The molecule has 0 fully saturated rings. The Bertz CT molecular complexity index is 718. The Morgan fingerprint density at radius 3 is 2.52 bits per heavy atom. The Morgan fingerprint density at radius 1 is 1.19 bits per heavy atom. The summed E-state index contributed by atoms with van der Waals surface area (Å²) in [4.78, 5) is 8.38. The fraction of sp³-hybridized carbons (Fsp3) is 0.368. The molecule has 146 valence electrons. The molecule has 1 heterocycles. The van der Waals surface area contributed by atoms with Crippen molar-refractivity contribution < 1.29 is 17.9 Å². The smallest absolute Gasteiger partial charge is 0.422 e. The van der Waals surface area contributed by atoms with Gasteiger partial charge in [-0.25, -0.2) is 9.98 Å². The summed E-state index contributed by atoms with van der Waals surface area (Å²) in [5.74, 6) is 0.578. The SMILES string of the molecule is CCNC(=NCc1ccc(OCC(F)(F)F)nc1)NC(C)c1ccccc1. The maximum absolute atomic E-state index is 12.1. The Hall–Kier alpha value is -2.77. The third-order valence-corrected chi connectivity index (χ3v) is 3.60. The molecule has 1 aromatic heterocycles. The molecule has 0 aliphatic carbocycles. The number of guanidine groups is 1. The minimum absolute atomic E-state index is 0.0669. The van der Waals surface area contributed by atoms with Crippen molar-refractivity contribution in [3.8, 4) is 5.88 Å². The highest BCUT2D eigenvalue weighted by atomic mass is 19.4. The summed E-state index contributed by atoms with van der Waals surface area (Å²) in [5.41, 5.74) is 1.90. The number of aliphatic imine (C=N–C) groups is 1. The van der Waals surface area contributed by atoms with Crippen molar-refractivity contribution >= 4 is 5.96 Å². The highest BCUT2D eigenvalue weighted by molar-refractivity contribution is 5.80. The van der Waals surface area contributed by atoms with Gasteiger partial charge in [-0.3, -0.25) is 0 Å². The molecule has 0 aliphatic rings. The first-order valence-corrected chi connectivity index (χ1v) is 8.61. The summed E-state index contributed by atoms with van der Waals surface area (Å²) in [6, 6.07) is 13.1. The van der Waals surface area contributed by atoms with Crippen molar-refractivity contribution in [1.29, 1.82) is 0 Å². The zero-order valence-corrected chi connectivity index (χ0v) is 15.3. The summed E-state index contributed by atoms with van der Waals surface area (Å²) in [6.45, 7) is 3.69. The fourth-order valence-corrected chi connectivity index (χ4v) is 2.27. The molecule has 0 saturated carbocycles. The summed E-state index contributed by atoms with van der Waals surface area (Å²) in [7, 11) is 0. The highest BCUT2D eigenvalue weighted by Gasteiger charge is 2.28. The third-order valence-electron chi connectivity index (χ3n) is 3.60. The molecule has 0 radical (unpaired) electrons. The van der Waals surface area contributed by atoms with E-state index in [9.17, 15) is 13.2 Å². The van der Waals surface area contributed by atoms with Crippen LogP contribution in [0.4, 0.5) is 13.2 Å². The molecule has 27 heavy (non-hydrogen) atoms. The van der Waals surface area contributed by atoms with Crippen LogP contribution < -0.4 is 15.4 Å². The van der Waals surface area contributed by atoms with Crippen LogP contribution in [0.5, 0.6) is 5.88 Å². The van der Waals surface area contributed by atoms with Crippen LogP contribution in [0.1, 0.15) is 31.0 Å². The van der Waals surface area contributed by atoms with Crippen molar-refractivity contribution in [2.24, 2.45) is 4.99 Å². The first kappa shape index (κ1) is 20.5. The lowest BCUT2D eigenvalue weighted by Gasteiger charge is -2.18. The Morgan fingerprint density at radius 2 is 1.93 bits per heavy atom. The van der Waals surface area contributed by atoms with Gasteiger partial charge in [0.2, 0.25) is 5.88 Å². The number of pyridine rings is 1. The number of alkyl halides is 3. The van der Waals surface area contributed by atoms with Crippen molar-refractivity contribution in [2.75, 3.05) is 13.2 Å². The molecule has 2 N–H and O–H groups in total. The predicted octanol–water partition coefficient (Wildman–Crippen LogP) is 3.84. The standard InChI is InChI=1S/C19H23F3N4O/c1-3-23-18(26-14(2)16-7-5-4-6-8-16)25-12-15-9-10-17(24-11-15)27-13-19(20,21)22/h4-11,14H,3,12-13H2,1-2H3,(H2,23,25,26). The molecule has 1 atom stereocenters. The van der Waals surface area contributed by atoms with Gasteiger partial charge in [-0.2, -0.15) is 13.2 Å². The van der Waals surface area contributed by atoms with E-state index in [2.05, 4.69) is 25.3 Å². The van der Waals surface area contributed by atoms with E-state index in [0.717, 1.165) is 11.1 Å². The maximum atomic E-state index is 12.1.